The van der Waals surface area contributed by atoms with Gasteiger partial charge in [0.15, 0.2) is 0 Å². The predicted octanol–water partition coefficient (Wildman–Crippen LogP) is 0.482. The van der Waals surface area contributed by atoms with Crippen LogP contribution in [0.2, 0.25) is 0 Å². The molecule has 1 rings (SSSR count). The summed E-state index contributed by atoms with van der Waals surface area (Å²) in [5.74, 6) is 6.58. The highest BCUT2D eigenvalue weighted by Crippen LogP contribution is 2.13. The molecule has 1 aromatic rings. The molecule has 0 bridgehead atoms. The van der Waals surface area contributed by atoms with Crippen LogP contribution in [0.4, 0.5) is 0 Å². The number of nitrogens with one attached hydrogen (secondary N) is 1. The zero-order valence-electron chi connectivity index (χ0n) is 8.40. The molecule has 0 aliphatic heterocycles. The Bertz CT molecular complexity index is 330. The molecule has 0 heterocycles. The maximum Gasteiger partial charge on any atom is 0.265 e. The molecule has 0 aromatic heterocycles. The van der Waals surface area contributed by atoms with E-state index >= 15 is 0 Å². The Morgan fingerprint density at radius 2 is 2.27 bits per heavy atom. The third-order valence-electron chi connectivity index (χ3n) is 1.85. The fraction of sp³-hybridized carbons (Fsp3) is 0.300. The number of hydrazine groups is 1. The van der Waals surface area contributed by atoms with Crippen molar-refractivity contribution in [3.8, 4) is 0 Å². The highest BCUT2D eigenvalue weighted by atomic mass is 32.2. The molecule has 1 amide bonds. The van der Waals surface area contributed by atoms with E-state index in [-0.39, 0.29) is 5.91 Å². The number of nitrogen functional groups attached to an aromatic ring is 1. The van der Waals surface area contributed by atoms with Gasteiger partial charge in [-0.2, -0.15) is 11.8 Å². The van der Waals surface area contributed by atoms with E-state index in [4.69, 9.17) is 11.6 Å². The Labute approximate surface area is 93.4 Å². The van der Waals surface area contributed by atoms with Crippen molar-refractivity contribution in [1.29, 1.82) is 0 Å². The molecule has 0 saturated heterocycles. The van der Waals surface area contributed by atoms with Crippen molar-refractivity contribution in [2.75, 3.05) is 12.3 Å². The summed E-state index contributed by atoms with van der Waals surface area (Å²) in [7, 11) is 0. The molecular formula is C10H15N3OS. The zero-order chi connectivity index (χ0) is 11.1. The van der Waals surface area contributed by atoms with Gasteiger partial charge in [0.2, 0.25) is 0 Å². The van der Waals surface area contributed by atoms with Crippen molar-refractivity contribution in [2.45, 2.75) is 5.75 Å². The van der Waals surface area contributed by atoms with Gasteiger partial charge in [-0.05, 0) is 17.7 Å². The maximum atomic E-state index is 11.2. The molecule has 0 aliphatic carbocycles. The second-order valence-electron chi connectivity index (χ2n) is 3.02. The smallest absolute Gasteiger partial charge is 0.265 e. The largest absolute Gasteiger partial charge is 0.330 e. The molecule has 0 atom stereocenters. The van der Waals surface area contributed by atoms with E-state index in [9.17, 15) is 4.79 Å². The van der Waals surface area contributed by atoms with Gasteiger partial charge in [0.25, 0.3) is 5.91 Å². The molecule has 0 fully saturated rings. The molecule has 82 valence electrons. The number of carbonyl (C=O) groups is 1. The number of amides is 1. The molecule has 4 nitrogen and oxygen atoms in total. The number of rotatable bonds is 5. The van der Waals surface area contributed by atoms with Gasteiger partial charge in [-0.15, -0.1) is 0 Å². The van der Waals surface area contributed by atoms with Gasteiger partial charge in [-0.25, -0.2) is 5.84 Å². The van der Waals surface area contributed by atoms with Crippen molar-refractivity contribution in [3.63, 3.8) is 0 Å². The Hall–Kier alpha value is -1.04. The molecule has 5 N–H and O–H groups in total. The van der Waals surface area contributed by atoms with Crippen LogP contribution in [0.25, 0.3) is 0 Å². The van der Waals surface area contributed by atoms with E-state index in [2.05, 4.69) is 5.43 Å². The summed E-state index contributed by atoms with van der Waals surface area (Å²) in [6.45, 7) is 0.674. The number of benzene rings is 1. The van der Waals surface area contributed by atoms with Crippen molar-refractivity contribution in [1.82, 2.24) is 5.43 Å². The van der Waals surface area contributed by atoms with Crippen molar-refractivity contribution in [2.24, 2.45) is 11.6 Å². The standard InChI is InChI=1S/C10H15N3OS/c11-4-5-15-7-8-2-1-3-9(6-8)10(14)13-12/h1-3,6H,4-5,7,11-12H2,(H,13,14). The summed E-state index contributed by atoms with van der Waals surface area (Å²) in [6, 6.07) is 7.41. The molecule has 0 radical (unpaired) electrons. The summed E-state index contributed by atoms with van der Waals surface area (Å²) >= 11 is 1.75. The second kappa shape index (κ2) is 6.44. The summed E-state index contributed by atoms with van der Waals surface area (Å²) in [5.41, 5.74) is 9.19. The minimum Gasteiger partial charge on any atom is -0.330 e. The summed E-state index contributed by atoms with van der Waals surface area (Å²) in [4.78, 5) is 11.2. The van der Waals surface area contributed by atoms with Gasteiger partial charge < -0.3 is 5.73 Å². The van der Waals surface area contributed by atoms with E-state index in [0.29, 0.717) is 12.1 Å². The number of nitrogens with two attached hydrogens (primary N) is 2. The van der Waals surface area contributed by atoms with E-state index in [1.54, 1.807) is 17.8 Å². The van der Waals surface area contributed by atoms with E-state index < -0.39 is 0 Å². The number of hydrogen-bond acceptors (Lipinski definition) is 4. The van der Waals surface area contributed by atoms with Crippen LogP contribution in [-0.2, 0) is 5.75 Å². The van der Waals surface area contributed by atoms with Crippen LogP contribution in [0.15, 0.2) is 24.3 Å². The normalized spacial score (nSPS) is 10.0. The van der Waals surface area contributed by atoms with Crippen molar-refractivity contribution in [3.05, 3.63) is 35.4 Å². The Morgan fingerprint density at radius 1 is 1.47 bits per heavy atom. The Morgan fingerprint density at radius 3 is 2.93 bits per heavy atom. The topological polar surface area (TPSA) is 81.1 Å². The third-order valence-corrected chi connectivity index (χ3v) is 2.91. The van der Waals surface area contributed by atoms with Gasteiger partial charge in [0.1, 0.15) is 0 Å². The maximum absolute atomic E-state index is 11.2. The van der Waals surface area contributed by atoms with Crippen LogP contribution in [0, 0.1) is 0 Å². The molecular weight excluding hydrogens is 210 g/mol. The first-order chi connectivity index (χ1) is 7.27. The summed E-state index contributed by atoms with van der Waals surface area (Å²) in [6.07, 6.45) is 0. The lowest BCUT2D eigenvalue weighted by Gasteiger charge is -2.03. The second-order valence-corrected chi connectivity index (χ2v) is 4.12. The lowest BCUT2D eigenvalue weighted by molar-refractivity contribution is 0.0953. The van der Waals surface area contributed by atoms with Crippen LogP contribution in [0.3, 0.4) is 0 Å². The van der Waals surface area contributed by atoms with Gasteiger partial charge in [-0.3, -0.25) is 10.2 Å². The van der Waals surface area contributed by atoms with Gasteiger partial charge >= 0.3 is 0 Å². The van der Waals surface area contributed by atoms with Gasteiger partial charge in [0, 0.05) is 23.6 Å². The fourth-order valence-corrected chi connectivity index (χ4v) is 1.89. The van der Waals surface area contributed by atoms with Crippen LogP contribution >= 0.6 is 11.8 Å². The third kappa shape index (κ3) is 3.91. The molecule has 0 saturated carbocycles. The summed E-state index contributed by atoms with van der Waals surface area (Å²) in [5, 5.41) is 0. The number of thioether (sulfide) groups is 1. The lowest BCUT2D eigenvalue weighted by Crippen LogP contribution is -2.29. The zero-order valence-corrected chi connectivity index (χ0v) is 9.22. The van der Waals surface area contributed by atoms with Crippen LogP contribution < -0.4 is 17.0 Å². The molecule has 15 heavy (non-hydrogen) atoms. The first kappa shape index (κ1) is 12.0. The van der Waals surface area contributed by atoms with Crippen LogP contribution in [0.1, 0.15) is 15.9 Å². The average molecular weight is 225 g/mol. The van der Waals surface area contributed by atoms with E-state index in [1.807, 2.05) is 18.2 Å². The lowest BCUT2D eigenvalue weighted by atomic mass is 10.1. The minimum atomic E-state index is -0.263. The van der Waals surface area contributed by atoms with Crippen molar-refractivity contribution >= 4 is 17.7 Å². The molecule has 0 spiro atoms. The Kier molecular flexibility index (Phi) is 5.17. The molecule has 0 aliphatic rings. The summed E-state index contributed by atoms with van der Waals surface area (Å²) < 4.78 is 0. The fourth-order valence-electron chi connectivity index (χ4n) is 1.16. The van der Waals surface area contributed by atoms with Crippen LogP contribution in [0.5, 0.6) is 0 Å². The highest BCUT2D eigenvalue weighted by Gasteiger charge is 2.03. The highest BCUT2D eigenvalue weighted by molar-refractivity contribution is 7.98. The predicted molar refractivity (Wildman–Crippen MR) is 63.3 cm³/mol. The van der Waals surface area contributed by atoms with Crippen molar-refractivity contribution < 1.29 is 4.79 Å². The molecule has 0 unspecified atom stereocenters. The Balaban J connectivity index is 2.62. The number of carbonyl (C=O) groups excluding carboxylic acids is 1. The van der Waals surface area contributed by atoms with E-state index in [1.165, 1.54) is 0 Å². The monoisotopic (exact) mass is 225 g/mol. The SMILES string of the molecule is NCCSCc1cccc(C(=O)NN)c1. The molecule has 5 heteroatoms. The first-order valence-corrected chi connectivity index (χ1v) is 5.81. The quantitative estimate of drug-likeness (QED) is 0.295. The minimum absolute atomic E-state index is 0.263. The van der Waals surface area contributed by atoms with Gasteiger partial charge in [0.05, 0.1) is 0 Å². The van der Waals surface area contributed by atoms with Crippen LogP contribution in [-0.4, -0.2) is 18.2 Å². The first-order valence-electron chi connectivity index (χ1n) is 4.65. The molecule has 1 aromatic carbocycles. The van der Waals surface area contributed by atoms with E-state index in [0.717, 1.165) is 17.1 Å². The van der Waals surface area contributed by atoms with Gasteiger partial charge in [-0.1, -0.05) is 12.1 Å². The number of hydrogen-bond donors (Lipinski definition) is 3. The average Bonchev–Trinajstić information content (AvgIpc) is 2.29.